The summed E-state index contributed by atoms with van der Waals surface area (Å²) in [5.74, 6) is -0.866. The molecule has 6 rings (SSSR count). The normalized spacial score (nSPS) is 16.8. The molecule has 0 bridgehead atoms. The van der Waals surface area contributed by atoms with Crippen molar-refractivity contribution in [3.05, 3.63) is 117 Å². The van der Waals surface area contributed by atoms with Crippen molar-refractivity contribution in [3.63, 3.8) is 0 Å². The Morgan fingerprint density at radius 3 is 2.28 bits per heavy atom. The van der Waals surface area contributed by atoms with Gasteiger partial charge in [-0.25, -0.2) is 4.79 Å². The van der Waals surface area contributed by atoms with Crippen LogP contribution in [0, 0.1) is 0 Å². The number of fused-ring (bicyclic) bond motifs is 3. The van der Waals surface area contributed by atoms with Crippen molar-refractivity contribution < 1.29 is 24.0 Å². The number of ketones is 2. The van der Waals surface area contributed by atoms with Crippen LogP contribution in [0.3, 0.4) is 0 Å². The van der Waals surface area contributed by atoms with Crippen molar-refractivity contribution in [3.8, 4) is 11.1 Å². The van der Waals surface area contributed by atoms with Crippen molar-refractivity contribution in [1.29, 1.82) is 0 Å². The molecule has 1 unspecified atom stereocenters. The van der Waals surface area contributed by atoms with Gasteiger partial charge >= 0.3 is 5.97 Å². The number of hydrogen-bond donors (Lipinski definition) is 0. The number of carbonyl (C=O) groups is 3. The van der Waals surface area contributed by atoms with E-state index in [0.717, 1.165) is 40.9 Å². The first-order chi connectivity index (χ1) is 20.8. The van der Waals surface area contributed by atoms with Gasteiger partial charge in [-0.3, -0.25) is 14.5 Å². The molecule has 2 heterocycles. The van der Waals surface area contributed by atoms with Crippen LogP contribution < -0.4 is 0 Å². The average Bonchev–Trinajstić information content (AvgIpc) is 3.67. The smallest absolute Gasteiger partial charge is 0.332 e. The van der Waals surface area contributed by atoms with Crippen LogP contribution in [0.1, 0.15) is 69.0 Å². The van der Waals surface area contributed by atoms with Crippen LogP contribution in [-0.2, 0) is 14.4 Å². The quantitative estimate of drug-likeness (QED) is 0.0903. The lowest BCUT2D eigenvalue weighted by molar-refractivity contribution is -0.140. The highest BCUT2D eigenvalue weighted by molar-refractivity contribution is 7.13. The maximum atomic E-state index is 13.7. The molecule has 1 saturated heterocycles. The van der Waals surface area contributed by atoms with E-state index in [1.165, 1.54) is 18.3 Å². The summed E-state index contributed by atoms with van der Waals surface area (Å²) >= 11 is 1.35. The van der Waals surface area contributed by atoms with Crippen molar-refractivity contribution in [2.24, 2.45) is 5.16 Å². The van der Waals surface area contributed by atoms with E-state index in [-0.39, 0.29) is 23.2 Å². The first-order valence-corrected chi connectivity index (χ1v) is 15.2. The summed E-state index contributed by atoms with van der Waals surface area (Å²) in [4.78, 5) is 46.4. The summed E-state index contributed by atoms with van der Waals surface area (Å²) in [6.45, 7) is 7.97. The molecule has 1 aliphatic carbocycles. The minimum atomic E-state index is -0.623. The number of nitrogens with zero attached hydrogens (tertiary/aromatic N) is 2. The third-order valence-electron chi connectivity index (χ3n) is 8.29. The van der Waals surface area contributed by atoms with Crippen molar-refractivity contribution >= 4 is 34.6 Å². The van der Waals surface area contributed by atoms with Crippen LogP contribution in [-0.4, -0.2) is 60.0 Å². The number of benzene rings is 3. The third kappa shape index (κ3) is 5.49. The Labute approximate surface area is 254 Å². The van der Waals surface area contributed by atoms with Crippen LogP contribution in [0.15, 0.2) is 89.4 Å². The number of oxime groups is 1. The van der Waals surface area contributed by atoms with Gasteiger partial charge in [-0.1, -0.05) is 71.9 Å². The molecular formula is C35H32N2O5S. The second kappa shape index (κ2) is 11.8. The Balaban J connectivity index is 1.33. The SMILES string of the molecule is CC(=O)O/N=C(/C(=O)c1ccc2c(c1)-c1ccccc1C2c1ccc(C(=O)C(C)(C)N2CCOCC2)cc1)c1cccs1. The zero-order valence-corrected chi connectivity index (χ0v) is 25.1. The van der Waals surface area contributed by atoms with Crippen LogP contribution in [0.25, 0.3) is 11.1 Å². The molecule has 0 N–H and O–H groups in total. The van der Waals surface area contributed by atoms with Gasteiger partial charge in [0.25, 0.3) is 0 Å². The van der Waals surface area contributed by atoms with Crippen molar-refractivity contribution in [1.82, 2.24) is 4.90 Å². The molecule has 7 nitrogen and oxygen atoms in total. The topological polar surface area (TPSA) is 85.3 Å². The van der Waals surface area contributed by atoms with E-state index in [0.29, 0.717) is 29.2 Å². The first kappa shape index (κ1) is 28.9. The predicted octanol–water partition coefficient (Wildman–Crippen LogP) is 6.35. The molecule has 2 aliphatic rings. The highest BCUT2D eigenvalue weighted by Gasteiger charge is 2.36. The molecule has 1 aromatic heterocycles. The fraction of sp³-hybridized carbons (Fsp3) is 0.257. The Morgan fingerprint density at radius 1 is 0.884 bits per heavy atom. The minimum Gasteiger partial charge on any atom is -0.379 e. The number of carbonyl (C=O) groups excluding carboxylic acids is 3. The van der Waals surface area contributed by atoms with Crippen LogP contribution >= 0.6 is 11.3 Å². The van der Waals surface area contributed by atoms with E-state index in [1.807, 2.05) is 73.8 Å². The summed E-state index contributed by atoms with van der Waals surface area (Å²) in [5, 5.41) is 5.75. The number of ether oxygens (including phenoxy) is 1. The molecule has 1 atom stereocenters. The molecule has 43 heavy (non-hydrogen) atoms. The molecular weight excluding hydrogens is 560 g/mol. The second-order valence-electron chi connectivity index (χ2n) is 11.3. The second-order valence-corrected chi connectivity index (χ2v) is 12.2. The van der Waals surface area contributed by atoms with E-state index in [4.69, 9.17) is 9.57 Å². The van der Waals surface area contributed by atoms with Gasteiger partial charge in [0.15, 0.2) is 11.5 Å². The Hall–Kier alpha value is -4.24. The van der Waals surface area contributed by atoms with E-state index < -0.39 is 11.5 Å². The van der Waals surface area contributed by atoms with Gasteiger partial charge in [-0.05, 0) is 59.2 Å². The molecule has 0 radical (unpaired) electrons. The number of thiophene rings is 1. The monoisotopic (exact) mass is 592 g/mol. The van der Waals surface area contributed by atoms with Gasteiger partial charge in [0.05, 0.1) is 23.6 Å². The average molecular weight is 593 g/mol. The lowest BCUT2D eigenvalue weighted by Crippen LogP contribution is -2.54. The molecule has 3 aromatic carbocycles. The van der Waals surface area contributed by atoms with Gasteiger partial charge in [-0.2, -0.15) is 0 Å². The Kier molecular flexibility index (Phi) is 7.92. The van der Waals surface area contributed by atoms with Crippen molar-refractivity contribution in [2.75, 3.05) is 26.3 Å². The fourth-order valence-corrected chi connectivity index (χ4v) is 6.71. The molecule has 4 aromatic rings. The number of hydrogen-bond acceptors (Lipinski definition) is 8. The van der Waals surface area contributed by atoms with Gasteiger partial charge in [0, 0.05) is 37.1 Å². The summed E-state index contributed by atoms with van der Waals surface area (Å²) in [6.07, 6.45) is 0. The van der Waals surface area contributed by atoms with Crippen LogP contribution in [0.5, 0.6) is 0 Å². The molecule has 0 amide bonds. The predicted molar refractivity (Wildman–Crippen MR) is 167 cm³/mol. The maximum absolute atomic E-state index is 13.7. The molecule has 1 aliphatic heterocycles. The van der Waals surface area contributed by atoms with E-state index in [1.54, 1.807) is 12.1 Å². The molecule has 0 spiro atoms. The lowest BCUT2D eigenvalue weighted by atomic mass is 9.86. The van der Waals surface area contributed by atoms with Crippen LogP contribution in [0.2, 0.25) is 0 Å². The minimum absolute atomic E-state index is 0.0433. The highest BCUT2D eigenvalue weighted by atomic mass is 32.1. The van der Waals surface area contributed by atoms with Crippen molar-refractivity contribution in [2.45, 2.75) is 32.2 Å². The molecule has 8 heteroatoms. The van der Waals surface area contributed by atoms with Crippen LogP contribution in [0.4, 0.5) is 0 Å². The zero-order valence-electron chi connectivity index (χ0n) is 24.3. The number of morpholine rings is 1. The summed E-state index contributed by atoms with van der Waals surface area (Å²) < 4.78 is 5.48. The standard InChI is InChI=1S/C35H32N2O5S/c1-22(38)42-36-32(30-9-6-20-43-30)33(39)25-14-15-28-29(21-25)26-7-4-5-8-27(26)31(28)23-10-12-24(13-11-23)34(40)35(2,3)37-16-18-41-19-17-37/h4-15,20-21,31H,16-19H2,1-3H3/b36-32+. The first-order valence-electron chi connectivity index (χ1n) is 14.3. The summed E-state index contributed by atoms with van der Waals surface area (Å²) in [6, 6.07) is 25.4. The molecule has 218 valence electrons. The summed E-state index contributed by atoms with van der Waals surface area (Å²) in [7, 11) is 0. The molecule has 0 saturated carbocycles. The van der Waals surface area contributed by atoms with E-state index >= 15 is 0 Å². The maximum Gasteiger partial charge on any atom is 0.332 e. The Bertz CT molecular complexity index is 1720. The number of rotatable bonds is 8. The third-order valence-corrected chi connectivity index (χ3v) is 9.16. The van der Waals surface area contributed by atoms with Gasteiger partial charge in [-0.15, -0.1) is 11.3 Å². The zero-order chi connectivity index (χ0) is 30.1. The summed E-state index contributed by atoms with van der Waals surface area (Å²) in [5.41, 5.74) is 5.93. The number of Topliss-reactive ketones (excluding diaryl/α,β-unsaturated/α-hetero) is 2. The molecule has 1 fully saturated rings. The van der Waals surface area contributed by atoms with E-state index in [2.05, 4.69) is 22.2 Å². The van der Waals surface area contributed by atoms with Gasteiger partial charge in [0.1, 0.15) is 0 Å². The largest absolute Gasteiger partial charge is 0.379 e. The lowest BCUT2D eigenvalue weighted by Gasteiger charge is -2.39. The van der Waals surface area contributed by atoms with Gasteiger partial charge < -0.3 is 9.57 Å². The van der Waals surface area contributed by atoms with Gasteiger partial charge in [0.2, 0.25) is 5.78 Å². The van der Waals surface area contributed by atoms with E-state index in [9.17, 15) is 14.4 Å². The fourth-order valence-electron chi connectivity index (χ4n) is 6.01. The highest BCUT2D eigenvalue weighted by Crippen LogP contribution is 2.48. The Morgan fingerprint density at radius 2 is 1.58 bits per heavy atom.